The van der Waals surface area contributed by atoms with Crippen LogP contribution in [0, 0.1) is 11.3 Å². The van der Waals surface area contributed by atoms with E-state index in [0.717, 1.165) is 0 Å². The van der Waals surface area contributed by atoms with Gasteiger partial charge in [0.05, 0.1) is 17.2 Å². The lowest BCUT2D eigenvalue weighted by Gasteiger charge is -2.17. The standard InChI is InChI=1S/C13H10N4O/c1-17(12-4-2-3-10(5-12)6-14)13(18)11-7-15-9-16-8-11/h2-5,7-9H,1H3. The highest BCUT2D eigenvalue weighted by Crippen LogP contribution is 2.16. The molecule has 2 rings (SSSR count). The molecule has 18 heavy (non-hydrogen) atoms. The summed E-state index contributed by atoms with van der Waals surface area (Å²) >= 11 is 0. The maximum atomic E-state index is 12.1. The molecule has 88 valence electrons. The van der Waals surface area contributed by atoms with Gasteiger partial charge in [-0.1, -0.05) is 6.07 Å². The molecule has 2 aromatic rings. The molecule has 1 amide bonds. The van der Waals surface area contributed by atoms with Gasteiger partial charge in [-0.3, -0.25) is 4.79 Å². The first kappa shape index (κ1) is 11.7. The molecule has 0 unspecified atom stereocenters. The SMILES string of the molecule is CN(C(=O)c1cncnc1)c1cccc(C#N)c1. The topological polar surface area (TPSA) is 69.9 Å². The van der Waals surface area contributed by atoms with E-state index in [9.17, 15) is 4.79 Å². The summed E-state index contributed by atoms with van der Waals surface area (Å²) in [6.07, 6.45) is 4.28. The molecule has 1 heterocycles. The molecule has 0 fully saturated rings. The summed E-state index contributed by atoms with van der Waals surface area (Å²) < 4.78 is 0. The first-order valence-electron chi connectivity index (χ1n) is 5.25. The first-order valence-corrected chi connectivity index (χ1v) is 5.25. The van der Waals surface area contributed by atoms with Crippen molar-refractivity contribution in [2.24, 2.45) is 0 Å². The van der Waals surface area contributed by atoms with Crippen LogP contribution < -0.4 is 4.90 Å². The summed E-state index contributed by atoms with van der Waals surface area (Å²) in [5.41, 5.74) is 1.57. The maximum Gasteiger partial charge on any atom is 0.261 e. The fraction of sp³-hybridized carbons (Fsp3) is 0.0769. The van der Waals surface area contributed by atoms with Crippen LogP contribution in [-0.4, -0.2) is 22.9 Å². The van der Waals surface area contributed by atoms with E-state index in [1.165, 1.54) is 23.6 Å². The van der Waals surface area contributed by atoms with Crippen molar-refractivity contribution in [3.63, 3.8) is 0 Å². The summed E-state index contributed by atoms with van der Waals surface area (Å²) in [6.45, 7) is 0. The van der Waals surface area contributed by atoms with Gasteiger partial charge in [0, 0.05) is 25.1 Å². The third-order valence-electron chi connectivity index (χ3n) is 2.47. The molecule has 0 atom stereocenters. The largest absolute Gasteiger partial charge is 0.311 e. The Hall–Kier alpha value is -2.74. The Morgan fingerprint density at radius 2 is 2.06 bits per heavy atom. The Balaban J connectivity index is 2.29. The number of carbonyl (C=O) groups is 1. The Kier molecular flexibility index (Phi) is 3.30. The predicted octanol–water partition coefficient (Wildman–Crippen LogP) is 1.62. The van der Waals surface area contributed by atoms with Crippen molar-refractivity contribution >= 4 is 11.6 Å². The molecule has 5 heteroatoms. The zero-order valence-corrected chi connectivity index (χ0v) is 9.74. The zero-order chi connectivity index (χ0) is 13.0. The minimum Gasteiger partial charge on any atom is -0.311 e. The molecule has 0 saturated carbocycles. The van der Waals surface area contributed by atoms with Gasteiger partial charge in [-0.15, -0.1) is 0 Å². The number of anilines is 1. The van der Waals surface area contributed by atoms with E-state index in [1.54, 1.807) is 31.3 Å². The number of rotatable bonds is 2. The molecule has 0 aliphatic carbocycles. The van der Waals surface area contributed by atoms with E-state index in [4.69, 9.17) is 5.26 Å². The molecule has 0 aliphatic heterocycles. The molecule has 0 aliphatic rings. The van der Waals surface area contributed by atoms with E-state index >= 15 is 0 Å². The van der Waals surface area contributed by atoms with Crippen molar-refractivity contribution in [1.82, 2.24) is 9.97 Å². The number of hydrogen-bond acceptors (Lipinski definition) is 4. The summed E-state index contributed by atoms with van der Waals surface area (Å²) in [5.74, 6) is -0.217. The third kappa shape index (κ3) is 2.33. The Morgan fingerprint density at radius 3 is 2.72 bits per heavy atom. The molecule has 5 nitrogen and oxygen atoms in total. The highest BCUT2D eigenvalue weighted by Gasteiger charge is 2.13. The molecular weight excluding hydrogens is 228 g/mol. The monoisotopic (exact) mass is 238 g/mol. The number of amides is 1. The van der Waals surface area contributed by atoms with Gasteiger partial charge >= 0.3 is 0 Å². The van der Waals surface area contributed by atoms with Crippen molar-refractivity contribution < 1.29 is 4.79 Å². The van der Waals surface area contributed by atoms with E-state index in [0.29, 0.717) is 16.8 Å². The molecule has 0 N–H and O–H groups in total. The lowest BCUT2D eigenvalue weighted by atomic mass is 10.2. The van der Waals surface area contributed by atoms with Crippen LogP contribution in [-0.2, 0) is 0 Å². The van der Waals surface area contributed by atoms with Crippen LogP contribution in [0.25, 0.3) is 0 Å². The second-order valence-corrected chi connectivity index (χ2v) is 3.65. The minimum absolute atomic E-state index is 0.217. The van der Waals surface area contributed by atoms with Gasteiger partial charge in [-0.25, -0.2) is 9.97 Å². The summed E-state index contributed by atoms with van der Waals surface area (Å²) in [5, 5.41) is 8.83. The average Bonchev–Trinajstić information content (AvgIpc) is 2.46. The van der Waals surface area contributed by atoms with Crippen molar-refractivity contribution in [3.05, 3.63) is 54.1 Å². The summed E-state index contributed by atoms with van der Waals surface area (Å²) in [6, 6.07) is 8.88. The van der Waals surface area contributed by atoms with Gasteiger partial charge in [0.15, 0.2) is 0 Å². The zero-order valence-electron chi connectivity index (χ0n) is 9.74. The van der Waals surface area contributed by atoms with Gasteiger partial charge in [0.25, 0.3) is 5.91 Å². The second kappa shape index (κ2) is 5.06. The maximum absolute atomic E-state index is 12.1. The number of carbonyl (C=O) groups excluding carboxylic acids is 1. The number of nitriles is 1. The third-order valence-corrected chi connectivity index (χ3v) is 2.47. The number of benzene rings is 1. The van der Waals surface area contributed by atoms with Crippen molar-refractivity contribution in [3.8, 4) is 6.07 Å². The van der Waals surface area contributed by atoms with Crippen LogP contribution in [0.5, 0.6) is 0 Å². The summed E-state index contributed by atoms with van der Waals surface area (Å²) in [4.78, 5) is 21.2. The molecular formula is C13H10N4O. The van der Waals surface area contributed by atoms with Gasteiger partial charge in [0.2, 0.25) is 0 Å². The van der Waals surface area contributed by atoms with Crippen molar-refractivity contribution in [1.29, 1.82) is 5.26 Å². The van der Waals surface area contributed by atoms with Crippen LogP contribution in [0.2, 0.25) is 0 Å². The van der Waals surface area contributed by atoms with Gasteiger partial charge in [-0.2, -0.15) is 5.26 Å². The van der Waals surface area contributed by atoms with Crippen LogP contribution >= 0.6 is 0 Å². The highest BCUT2D eigenvalue weighted by atomic mass is 16.2. The Morgan fingerprint density at radius 1 is 1.33 bits per heavy atom. The lowest BCUT2D eigenvalue weighted by Crippen LogP contribution is -2.26. The van der Waals surface area contributed by atoms with Crippen LogP contribution in [0.15, 0.2) is 43.0 Å². The van der Waals surface area contributed by atoms with Crippen molar-refractivity contribution in [2.45, 2.75) is 0 Å². The van der Waals surface area contributed by atoms with E-state index in [2.05, 4.69) is 9.97 Å². The number of nitrogens with zero attached hydrogens (tertiary/aromatic N) is 4. The lowest BCUT2D eigenvalue weighted by molar-refractivity contribution is 0.0992. The van der Waals surface area contributed by atoms with E-state index in [1.807, 2.05) is 6.07 Å². The number of aromatic nitrogens is 2. The average molecular weight is 238 g/mol. The quantitative estimate of drug-likeness (QED) is 0.797. The van der Waals surface area contributed by atoms with Crippen LogP contribution in [0.3, 0.4) is 0 Å². The fourth-order valence-electron chi connectivity index (χ4n) is 1.50. The highest BCUT2D eigenvalue weighted by molar-refractivity contribution is 6.05. The normalized spacial score (nSPS) is 9.56. The van der Waals surface area contributed by atoms with E-state index in [-0.39, 0.29) is 5.91 Å². The van der Waals surface area contributed by atoms with Crippen LogP contribution in [0.1, 0.15) is 15.9 Å². The molecule has 0 saturated heterocycles. The van der Waals surface area contributed by atoms with Gasteiger partial charge < -0.3 is 4.90 Å². The Labute approximate surface area is 104 Å². The van der Waals surface area contributed by atoms with Gasteiger partial charge in [-0.05, 0) is 18.2 Å². The first-order chi connectivity index (χ1) is 8.72. The second-order valence-electron chi connectivity index (χ2n) is 3.65. The fourth-order valence-corrected chi connectivity index (χ4v) is 1.50. The van der Waals surface area contributed by atoms with Crippen LogP contribution in [0.4, 0.5) is 5.69 Å². The van der Waals surface area contributed by atoms with E-state index < -0.39 is 0 Å². The Bertz CT molecular complexity index is 604. The smallest absolute Gasteiger partial charge is 0.261 e. The molecule has 0 bridgehead atoms. The molecule has 0 spiro atoms. The predicted molar refractivity (Wildman–Crippen MR) is 65.9 cm³/mol. The number of hydrogen-bond donors (Lipinski definition) is 0. The van der Waals surface area contributed by atoms with Crippen molar-refractivity contribution in [2.75, 3.05) is 11.9 Å². The molecule has 1 aromatic heterocycles. The molecule has 1 aromatic carbocycles. The molecule has 0 radical (unpaired) electrons. The summed E-state index contributed by atoms with van der Waals surface area (Å²) in [7, 11) is 1.64. The van der Waals surface area contributed by atoms with Gasteiger partial charge in [0.1, 0.15) is 6.33 Å². The minimum atomic E-state index is -0.217.